The van der Waals surface area contributed by atoms with Crippen molar-refractivity contribution in [1.82, 2.24) is 10.6 Å². The minimum Gasteiger partial charge on any atom is -0.481 e. The van der Waals surface area contributed by atoms with Crippen LogP contribution in [0.25, 0.3) is 11.1 Å². The highest BCUT2D eigenvalue weighted by Gasteiger charge is 2.39. The Morgan fingerprint density at radius 1 is 1.03 bits per heavy atom. The summed E-state index contributed by atoms with van der Waals surface area (Å²) in [4.78, 5) is 35.8. The van der Waals surface area contributed by atoms with Crippen molar-refractivity contribution in [1.29, 1.82) is 0 Å². The number of amides is 2. The lowest BCUT2D eigenvalue weighted by Gasteiger charge is -2.41. The maximum Gasteiger partial charge on any atom is 0.407 e. The topological polar surface area (TPSA) is 105 Å². The van der Waals surface area contributed by atoms with E-state index in [0.29, 0.717) is 19.5 Å². The monoisotopic (exact) mass is 464 g/mol. The molecule has 2 amide bonds. The average Bonchev–Trinajstić information content (AvgIpc) is 3.12. The van der Waals surface area contributed by atoms with E-state index < -0.39 is 12.1 Å². The van der Waals surface area contributed by atoms with Gasteiger partial charge in [-0.05, 0) is 46.9 Å². The fourth-order valence-corrected chi connectivity index (χ4v) is 5.03. The molecule has 0 bridgehead atoms. The van der Waals surface area contributed by atoms with Crippen LogP contribution in [-0.2, 0) is 14.3 Å². The molecule has 7 heteroatoms. The van der Waals surface area contributed by atoms with Crippen LogP contribution in [0.15, 0.2) is 48.5 Å². The van der Waals surface area contributed by atoms with E-state index in [1.807, 2.05) is 24.3 Å². The third-order valence-electron chi connectivity index (χ3n) is 7.22. The van der Waals surface area contributed by atoms with Crippen molar-refractivity contribution in [2.45, 2.75) is 44.9 Å². The number of fused-ring (bicyclic) bond motifs is 3. The molecular formula is C27H32N2O5. The number of alkyl carbamates (subject to hydrolysis) is 1. The molecule has 0 heterocycles. The summed E-state index contributed by atoms with van der Waals surface area (Å²) < 4.78 is 5.53. The summed E-state index contributed by atoms with van der Waals surface area (Å²) in [5.74, 6) is -1.23. The van der Waals surface area contributed by atoms with E-state index in [-0.39, 0.29) is 36.2 Å². The largest absolute Gasteiger partial charge is 0.481 e. The van der Waals surface area contributed by atoms with E-state index in [1.54, 1.807) is 6.92 Å². The van der Waals surface area contributed by atoms with Crippen LogP contribution in [0, 0.1) is 11.3 Å². The van der Waals surface area contributed by atoms with E-state index in [0.717, 1.165) is 30.4 Å². The van der Waals surface area contributed by atoms with Crippen LogP contribution in [0.3, 0.4) is 0 Å². The molecule has 2 aliphatic carbocycles. The molecule has 0 aliphatic heterocycles. The molecule has 1 fully saturated rings. The number of carbonyl (C=O) groups excluding carboxylic acids is 2. The molecule has 0 saturated heterocycles. The van der Waals surface area contributed by atoms with E-state index in [9.17, 15) is 14.4 Å². The predicted molar refractivity (Wildman–Crippen MR) is 128 cm³/mol. The standard InChI is InChI=1S/C27H32N2O5/c1-18(25(32)29-17-27(12-6-13-27)15-24(30)31)11-14-28-26(33)34-16-23-21-9-4-2-7-19(21)20-8-3-5-10-22(20)23/h2-5,7-10,18,23H,6,11-17H2,1H3,(H,28,33)(H,29,32)(H,30,31). The lowest BCUT2D eigenvalue weighted by molar-refractivity contribution is -0.142. The number of hydrogen-bond acceptors (Lipinski definition) is 4. The Bertz CT molecular complexity index is 1020. The maximum atomic E-state index is 12.4. The third-order valence-corrected chi connectivity index (χ3v) is 7.22. The summed E-state index contributed by atoms with van der Waals surface area (Å²) in [6, 6.07) is 16.4. The van der Waals surface area contributed by atoms with Crippen LogP contribution in [0.2, 0.25) is 0 Å². The van der Waals surface area contributed by atoms with Gasteiger partial charge in [-0.2, -0.15) is 0 Å². The van der Waals surface area contributed by atoms with Gasteiger partial charge in [-0.3, -0.25) is 9.59 Å². The zero-order valence-corrected chi connectivity index (χ0v) is 19.5. The number of nitrogens with one attached hydrogen (secondary N) is 2. The summed E-state index contributed by atoms with van der Waals surface area (Å²) in [6.45, 7) is 2.77. The van der Waals surface area contributed by atoms with Gasteiger partial charge in [0.2, 0.25) is 5.91 Å². The van der Waals surface area contributed by atoms with Gasteiger partial charge in [-0.15, -0.1) is 0 Å². The summed E-state index contributed by atoms with van der Waals surface area (Å²) in [7, 11) is 0. The summed E-state index contributed by atoms with van der Waals surface area (Å²) in [5, 5.41) is 14.7. The lowest BCUT2D eigenvalue weighted by atomic mass is 9.66. The second-order valence-corrected chi connectivity index (χ2v) is 9.58. The minimum atomic E-state index is -0.825. The Hall–Kier alpha value is -3.35. The van der Waals surface area contributed by atoms with Gasteiger partial charge < -0.3 is 20.5 Å². The number of hydrogen-bond donors (Lipinski definition) is 3. The summed E-state index contributed by atoms with van der Waals surface area (Å²) >= 11 is 0. The van der Waals surface area contributed by atoms with Gasteiger partial charge in [-0.25, -0.2) is 4.79 Å². The molecule has 1 unspecified atom stereocenters. The summed E-state index contributed by atoms with van der Waals surface area (Å²) in [5.41, 5.74) is 4.38. The first-order valence-electron chi connectivity index (χ1n) is 12.0. The SMILES string of the molecule is CC(CCNC(=O)OCC1c2ccccc2-c2ccccc21)C(=O)NCC1(CC(=O)O)CCC1. The van der Waals surface area contributed by atoms with Crippen LogP contribution in [0.1, 0.15) is 56.1 Å². The van der Waals surface area contributed by atoms with E-state index in [1.165, 1.54) is 11.1 Å². The van der Waals surface area contributed by atoms with Crippen LogP contribution in [0.4, 0.5) is 4.79 Å². The second-order valence-electron chi connectivity index (χ2n) is 9.58. The van der Waals surface area contributed by atoms with Crippen LogP contribution in [-0.4, -0.2) is 42.8 Å². The Kier molecular flexibility index (Phi) is 7.20. The molecule has 1 atom stereocenters. The lowest BCUT2D eigenvalue weighted by Crippen LogP contribution is -2.45. The second kappa shape index (κ2) is 10.3. The number of carboxylic acid groups (broad SMARTS) is 1. The van der Waals surface area contributed by atoms with Crippen LogP contribution < -0.4 is 10.6 Å². The van der Waals surface area contributed by atoms with Crippen molar-refractivity contribution in [3.05, 3.63) is 59.7 Å². The molecule has 1 saturated carbocycles. The first-order chi connectivity index (χ1) is 16.4. The molecule has 7 nitrogen and oxygen atoms in total. The highest BCUT2D eigenvalue weighted by Crippen LogP contribution is 2.45. The van der Waals surface area contributed by atoms with E-state index in [2.05, 4.69) is 34.9 Å². The zero-order valence-electron chi connectivity index (χ0n) is 19.5. The molecule has 180 valence electrons. The van der Waals surface area contributed by atoms with Crippen molar-refractivity contribution in [2.24, 2.45) is 11.3 Å². The van der Waals surface area contributed by atoms with Gasteiger partial charge in [0.25, 0.3) is 0 Å². The highest BCUT2D eigenvalue weighted by atomic mass is 16.5. The van der Waals surface area contributed by atoms with E-state index in [4.69, 9.17) is 9.84 Å². The molecular weight excluding hydrogens is 432 g/mol. The fraction of sp³-hybridized carbons (Fsp3) is 0.444. The molecule has 34 heavy (non-hydrogen) atoms. The smallest absolute Gasteiger partial charge is 0.407 e. The van der Waals surface area contributed by atoms with Gasteiger partial charge in [-0.1, -0.05) is 61.9 Å². The maximum absolute atomic E-state index is 12.4. The van der Waals surface area contributed by atoms with Crippen molar-refractivity contribution >= 4 is 18.0 Å². The van der Waals surface area contributed by atoms with Crippen molar-refractivity contribution < 1.29 is 24.2 Å². The molecule has 2 aromatic carbocycles. The van der Waals surface area contributed by atoms with Gasteiger partial charge in [0, 0.05) is 24.9 Å². The first-order valence-corrected chi connectivity index (χ1v) is 12.0. The number of carboxylic acids is 1. The van der Waals surface area contributed by atoms with Gasteiger partial charge in [0.1, 0.15) is 6.61 Å². The molecule has 2 aliphatic rings. The average molecular weight is 465 g/mol. The Balaban J connectivity index is 1.20. The van der Waals surface area contributed by atoms with Crippen LogP contribution in [0.5, 0.6) is 0 Å². The molecule has 4 rings (SSSR count). The fourth-order valence-electron chi connectivity index (χ4n) is 5.03. The number of carbonyl (C=O) groups is 3. The molecule has 0 aromatic heterocycles. The number of rotatable bonds is 10. The molecule has 0 radical (unpaired) electrons. The van der Waals surface area contributed by atoms with Crippen molar-refractivity contribution in [3.8, 4) is 11.1 Å². The minimum absolute atomic E-state index is 0.00693. The van der Waals surface area contributed by atoms with Gasteiger partial charge in [0.15, 0.2) is 0 Å². The van der Waals surface area contributed by atoms with Crippen molar-refractivity contribution in [3.63, 3.8) is 0 Å². The number of aliphatic carboxylic acids is 1. The normalized spacial score (nSPS) is 16.5. The van der Waals surface area contributed by atoms with Crippen LogP contribution >= 0.6 is 0 Å². The van der Waals surface area contributed by atoms with E-state index >= 15 is 0 Å². The molecule has 3 N–H and O–H groups in total. The van der Waals surface area contributed by atoms with Gasteiger partial charge >= 0.3 is 12.1 Å². The van der Waals surface area contributed by atoms with Crippen molar-refractivity contribution in [2.75, 3.05) is 19.7 Å². The van der Waals surface area contributed by atoms with Gasteiger partial charge in [0.05, 0.1) is 6.42 Å². The number of ether oxygens (including phenoxy) is 1. The highest BCUT2D eigenvalue weighted by molar-refractivity contribution is 5.79. The quantitative estimate of drug-likeness (QED) is 0.486. The summed E-state index contributed by atoms with van der Waals surface area (Å²) in [6.07, 6.45) is 2.73. The third kappa shape index (κ3) is 5.24. The number of benzene rings is 2. The Morgan fingerprint density at radius 2 is 1.65 bits per heavy atom. The zero-order chi connectivity index (χ0) is 24.1. The molecule has 0 spiro atoms. The first kappa shape index (κ1) is 23.8. The molecule has 2 aromatic rings. The Labute approximate surface area is 199 Å². The Morgan fingerprint density at radius 3 is 2.21 bits per heavy atom. The predicted octanol–water partition coefficient (Wildman–Crippen LogP) is 4.31.